The van der Waals surface area contributed by atoms with Gasteiger partial charge in [-0.3, -0.25) is 4.68 Å². The third kappa shape index (κ3) is 3.55. The fourth-order valence-electron chi connectivity index (χ4n) is 1.09. The second kappa shape index (κ2) is 5.31. The molecule has 1 rings (SSSR count). The third-order valence-electron chi connectivity index (χ3n) is 2.12. The molecule has 0 aliphatic rings. The van der Waals surface area contributed by atoms with Gasteiger partial charge in [-0.25, -0.2) is 4.79 Å². The van der Waals surface area contributed by atoms with Gasteiger partial charge >= 0.3 is 5.97 Å². The van der Waals surface area contributed by atoms with E-state index in [1.165, 1.54) is 0 Å². The Bertz CT molecular complexity index is 368. The molecular formula is C10H15N3O2. The smallest absolute Gasteiger partial charge is 0.330 e. The number of carboxylic acids is 1. The minimum atomic E-state index is -0.877. The first-order valence-corrected chi connectivity index (χ1v) is 4.69. The summed E-state index contributed by atoms with van der Waals surface area (Å²) in [6, 6.07) is 1.92. The van der Waals surface area contributed by atoms with E-state index in [0.717, 1.165) is 5.69 Å². The molecule has 0 unspecified atom stereocenters. The van der Waals surface area contributed by atoms with E-state index in [2.05, 4.69) is 10.4 Å². The largest absolute Gasteiger partial charge is 0.478 e. The summed E-state index contributed by atoms with van der Waals surface area (Å²) in [5.41, 5.74) is 1.42. The maximum atomic E-state index is 10.5. The van der Waals surface area contributed by atoms with E-state index in [1.807, 2.05) is 13.1 Å². The molecule has 0 radical (unpaired) electrons. The second-order valence-electron chi connectivity index (χ2n) is 3.27. The van der Waals surface area contributed by atoms with Crippen molar-refractivity contribution < 1.29 is 9.90 Å². The number of aliphatic carboxylic acids is 1. The number of carboxylic acid groups (broad SMARTS) is 1. The number of aromatic nitrogens is 2. The molecule has 82 valence electrons. The van der Waals surface area contributed by atoms with E-state index in [0.29, 0.717) is 18.7 Å². The Morgan fingerprint density at radius 2 is 2.47 bits per heavy atom. The highest BCUT2D eigenvalue weighted by atomic mass is 16.4. The maximum Gasteiger partial charge on any atom is 0.330 e. The zero-order valence-corrected chi connectivity index (χ0v) is 8.90. The van der Waals surface area contributed by atoms with Crippen molar-refractivity contribution in [2.75, 3.05) is 6.54 Å². The van der Waals surface area contributed by atoms with E-state index >= 15 is 0 Å². The predicted octanol–water partition coefficient (Wildman–Crippen LogP) is 0.541. The van der Waals surface area contributed by atoms with Crippen LogP contribution in [0.3, 0.4) is 0 Å². The maximum absolute atomic E-state index is 10.5. The van der Waals surface area contributed by atoms with Crippen molar-refractivity contribution in [3.05, 3.63) is 29.6 Å². The zero-order valence-electron chi connectivity index (χ0n) is 8.90. The Kier molecular flexibility index (Phi) is 4.05. The van der Waals surface area contributed by atoms with Crippen LogP contribution in [0.1, 0.15) is 12.6 Å². The highest BCUT2D eigenvalue weighted by Gasteiger charge is 1.99. The number of carbonyl (C=O) groups is 1. The molecule has 0 saturated heterocycles. The van der Waals surface area contributed by atoms with Gasteiger partial charge in [-0.05, 0) is 13.0 Å². The quantitative estimate of drug-likeness (QED) is 0.548. The number of rotatable bonds is 5. The highest BCUT2D eigenvalue weighted by molar-refractivity contribution is 5.85. The van der Waals surface area contributed by atoms with Crippen molar-refractivity contribution in [1.82, 2.24) is 15.1 Å². The topological polar surface area (TPSA) is 67.2 Å². The van der Waals surface area contributed by atoms with Crippen LogP contribution in [-0.2, 0) is 18.4 Å². The Morgan fingerprint density at radius 1 is 1.73 bits per heavy atom. The van der Waals surface area contributed by atoms with Gasteiger partial charge in [0.1, 0.15) is 0 Å². The summed E-state index contributed by atoms with van der Waals surface area (Å²) in [5, 5.41) is 15.7. The lowest BCUT2D eigenvalue weighted by atomic mass is 10.3. The Morgan fingerprint density at radius 3 is 3.00 bits per heavy atom. The van der Waals surface area contributed by atoms with Gasteiger partial charge in [-0.1, -0.05) is 6.08 Å². The lowest BCUT2D eigenvalue weighted by molar-refractivity contribution is -0.132. The molecule has 0 fully saturated rings. The molecule has 1 aromatic heterocycles. The normalized spacial score (nSPS) is 11.7. The van der Waals surface area contributed by atoms with Gasteiger partial charge in [0.05, 0.1) is 5.69 Å². The Balaban J connectivity index is 2.32. The Hall–Kier alpha value is -1.62. The van der Waals surface area contributed by atoms with Gasteiger partial charge in [-0.2, -0.15) is 5.10 Å². The van der Waals surface area contributed by atoms with Gasteiger partial charge in [0.25, 0.3) is 0 Å². The average molecular weight is 209 g/mol. The fourth-order valence-corrected chi connectivity index (χ4v) is 1.09. The van der Waals surface area contributed by atoms with Crippen LogP contribution in [0.4, 0.5) is 0 Å². The van der Waals surface area contributed by atoms with E-state index in [4.69, 9.17) is 5.11 Å². The van der Waals surface area contributed by atoms with Crippen molar-refractivity contribution in [3.8, 4) is 0 Å². The zero-order chi connectivity index (χ0) is 11.3. The van der Waals surface area contributed by atoms with E-state index in [-0.39, 0.29) is 0 Å². The molecule has 0 aliphatic carbocycles. The third-order valence-corrected chi connectivity index (χ3v) is 2.12. The minimum Gasteiger partial charge on any atom is -0.478 e. The molecule has 5 heteroatoms. The first kappa shape index (κ1) is 11.5. The number of nitrogens with zero attached hydrogens (tertiary/aromatic N) is 2. The first-order chi connectivity index (χ1) is 7.11. The number of hydrogen-bond donors (Lipinski definition) is 2. The standard InChI is InChI=1S/C10H15N3O2/c1-8(10(14)15)3-5-11-7-9-4-6-12-13(9)2/h3-4,6,11H,5,7H2,1-2H3,(H,14,15). The van der Waals surface area contributed by atoms with Crippen LogP contribution < -0.4 is 5.32 Å². The van der Waals surface area contributed by atoms with Gasteiger partial charge in [0, 0.05) is 31.9 Å². The number of aryl methyl sites for hydroxylation is 1. The minimum absolute atomic E-state index is 0.354. The number of nitrogens with one attached hydrogen (secondary N) is 1. The van der Waals surface area contributed by atoms with Crippen LogP contribution in [0.5, 0.6) is 0 Å². The average Bonchev–Trinajstić information content (AvgIpc) is 2.58. The van der Waals surface area contributed by atoms with Crippen LogP contribution in [0, 0.1) is 0 Å². The lowest BCUT2D eigenvalue weighted by Crippen LogP contribution is -2.16. The fraction of sp³-hybridized carbons (Fsp3) is 0.400. The van der Waals surface area contributed by atoms with E-state index in [9.17, 15) is 4.79 Å². The van der Waals surface area contributed by atoms with Gasteiger partial charge in [-0.15, -0.1) is 0 Å². The summed E-state index contributed by atoms with van der Waals surface area (Å²) in [6.07, 6.45) is 3.38. The summed E-state index contributed by atoms with van der Waals surface area (Å²) >= 11 is 0. The summed E-state index contributed by atoms with van der Waals surface area (Å²) < 4.78 is 1.78. The molecule has 0 bridgehead atoms. The van der Waals surface area contributed by atoms with Crippen molar-refractivity contribution in [1.29, 1.82) is 0 Å². The molecule has 0 aliphatic heterocycles. The van der Waals surface area contributed by atoms with Crippen molar-refractivity contribution in [3.63, 3.8) is 0 Å². The first-order valence-electron chi connectivity index (χ1n) is 4.69. The summed E-state index contributed by atoms with van der Waals surface area (Å²) in [4.78, 5) is 10.5. The summed E-state index contributed by atoms with van der Waals surface area (Å²) in [6.45, 7) is 2.80. The van der Waals surface area contributed by atoms with E-state index < -0.39 is 5.97 Å². The monoisotopic (exact) mass is 209 g/mol. The molecule has 15 heavy (non-hydrogen) atoms. The van der Waals surface area contributed by atoms with Gasteiger partial charge < -0.3 is 10.4 Å². The van der Waals surface area contributed by atoms with Crippen molar-refractivity contribution in [2.24, 2.45) is 7.05 Å². The predicted molar refractivity (Wildman–Crippen MR) is 56.3 cm³/mol. The molecule has 5 nitrogen and oxygen atoms in total. The molecule has 0 spiro atoms. The van der Waals surface area contributed by atoms with Crippen molar-refractivity contribution >= 4 is 5.97 Å². The lowest BCUT2D eigenvalue weighted by Gasteiger charge is -2.02. The van der Waals surface area contributed by atoms with E-state index in [1.54, 1.807) is 23.9 Å². The van der Waals surface area contributed by atoms with Gasteiger partial charge in [0.15, 0.2) is 0 Å². The molecule has 2 N–H and O–H groups in total. The molecule has 0 aromatic carbocycles. The van der Waals surface area contributed by atoms with Crippen LogP contribution >= 0.6 is 0 Å². The molecule has 0 atom stereocenters. The molecule has 0 saturated carbocycles. The van der Waals surface area contributed by atoms with Crippen LogP contribution in [0.2, 0.25) is 0 Å². The van der Waals surface area contributed by atoms with Crippen LogP contribution in [0.15, 0.2) is 23.9 Å². The molecular weight excluding hydrogens is 194 g/mol. The highest BCUT2D eigenvalue weighted by Crippen LogP contribution is 1.95. The second-order valence-corrected chi connectivity index (χ2v) is 3.27. The molecule has 0 amide bonds. The van der Waals surface area contributed by atoms with Crippen LogP contribution in [-0.4, -0.2) is 27.4 Å². The molecule has 1 heterocycles. The number of hydrogen-bond acceptors (Lipinski definition) is 3. The van der Waals surface area contributed by atoms with Crippen LogP contribution in [0.25, 0.3) is 0 Å². The van der Waals surface area contributed by atoms with Crippen molar-refractivity contribution in [2.45, 2.75) is 13.5 Å². The molecule has 1 aromatic rings. The van der Waals surface area contributed by atoms with Gasteiger partial charge in [0.2, 0.25) is 0 Å². The summed E-state index contributed by atoms with van der Waals surface area (Å²) in [5.74, 6) is -0.877. The SMILES string of the molecule is CC(=CCNCc1ccnn1C)C(=O)O. The Labute approximate surface area is 88.4 Å². The summed E-state index contributed by atoms with van der Waals surface area (Å²) in [7, 11) is 1.87.